The van der Waals surface area contributed by atoms with E-state index in [0.717, 1.165) is 25.9 Å². The quantitative estimate of drug-likeness (QED) is 0.844. The second-order valence-electron chi connectivity index (χ2n) is 5.43. The minimum atomic E-state index is -0.0708. The van der Waals surface area contributed by atoms with Crippen LogP contribution >= 0.6 is 0 Å². The first-order chi connectivity index (χ1) is 11.0. The van der Waals surface area contributed by atoms with Crippen LogP contribution in [0.3, 0.4) is 0 Å². The molecule has 2 heterocycles. The Labute approximate surface area is 136 Å². The first kappa shape index (κ1) is 16.9. The van der Waals surface area contributed by atoms with Gasteiger partial charge >= 0.3 is 0 Å². The topological polar surface area (TPSA) is 84.2 Å². The van der Waals surface area contributed by atoms with E-state index >= 15 is 0 Å². The minimum Gasteiger partial charge on any atom is -0.360 e. The first-order valence-corrected chi connectivity index (χ1v) is 7.88. The highest BCUT2D eigenvalue weighted by Crippen LogP contribution is 2.16. The van der Waals surface area contributed by atoms with Crippen molar-refractivity contribution in [2.45, 2.75) is 40.5 Å². The Bertz CT molecular complexity index is 662. The summed E-state index contributed by atoms with van der Waals surface area (Å²) in [5, 5.41) is 6.90. The monoisotopic (exact) mass is 317 g/mol. The van der Waals surface area contributed by atoms with Gasteiger partial charge in [-0.2, -0.15) is 0 Å². The van der Waals surface area contributed by atoms with Crippen molar-refractivity contribution in [1.82, 2.24) is 20.0 Å². The van der Waals surface area contributed by atoms with Crippen LogP contribution in [0.5, 0.6) is 0 Å². The fraction of sp³-hybridized carbons (Fsp3) is 0.500. The Morgan fingerprint density at radius 1 is 1.13 bits per heavy atom. The molecule has 0 aliphatic rings. The zero-order valence-corrected chi connectivity index (χ0v) is 14.1. The fourth-order valence-electron chi connectivity index (χ4n) is 2.31. The molecule has 2 aromatic heterocycles. The molecule has 0 fully saturated rings. The summed E-state index contributed by atoms with van der Waals surface area (Å²) in [6.07, 6.45) is 1.83. The van der Waals surface area contributed by atoms with Crippen molar-refractivity contribution in [1.29, 1.82) is 0 Å². The summed E-state index contributed by atoms with van der Waals surface area (Å²) < 4.78 is 5.02. The van der Waals surface area contributed by atoms with Gasteiger partial charge in [0.05, 0.1) is 0 Å². The van der Waals surface area contributed by atoms with Crippen LogP contribution in [0.25, 0.3) is 0 Å². The molecule has 23 heavy (non-hydrogen) atoms. The average molecular weight is 317 g/mol. The molecule has 0 aliphatic heterocycles. The second-order valence-corrected chi connectivity index (χ2v) is 5.43. The Morgan fingerprint density at radius 2 is 1.83 bits per heavy atom. The molecule has 0 bridgehead atoms. The Balaban J connectivity index is 2.23. The maximum atomic E-state index is 12.7. The van der Waals surface area contributed by atoms with Gasteiger partial charge in [0.2, 0.25) is 0 Å². The molecule has 2 rings (SSSR count). The standard InChI is InChI=1S/C16H23N5O2/c1-5-7-21(8-6-2)16(22)13-10-14(18-12(4)17-13)19-15-9-11(3)23-20-15/h9-10H,5-8H2,1-4H3,(H,17,18,19,20). The van der Waals surface area contributed by atoms with Crippen molar-refractivity contribution in [2.75, 3.05) is 18.4 Å². The van der Waals surface area contributed by atoms with Gasteiger partial charge in [0.15, 0.2) is 5.82 Å². The van der Waals surface area contributed by atoms with Gasteiger partial charge < -0.3 is 14.7 Å². The van der Waals surface area contributed by atoms with Crippen LogP contribution in [0.4, 0.5) is 11.6 Å². The van der Waals surface area contributed by atoms with Gasteiger partial charge in [0, 0.05) is 25.2 Å². The molecule has 7 nitrogen and oxygen atoms in total. The van der Waals surface area contributed by atoms with Crippen LogP contribution in [-0.2, 0) is 0 Å². The molecule has 0 aliphatic carbocycles. The molecule has 124 valence electrons. The molecule has 0 saturated heterocycles. The number of amides is 1. The van der Waals surface area contributed by atoms with E-state index in [1.807, 2.05) is 11.8 Å². The van der Waals surface area contributed by atoms with Gasteiger partial charge in [-0.05, 0) is 26.7 Å². The predicted octanol–water partition coefficient (Wildman–Crippen LogP) is 3.09. The van der Waals surface area contributed by atoms with Gasteiger partial charge in [-0.15, -0.1) is 0 Å². The van der Waals surface area contributed by atoms with Gasteiger partial charge in [-0.1, -0.05) is 19.0 Å². The normalized spacial score (nSPS) is 10.6. The summed E-state index contributed by atoms with van der Waals surface area (Å²) in [7, 11) is 0. The third kappa shape index (κ3) is 4.51. The maximum absolute atomic E-state index is 12.7. The van der Waals surface area contributed by atoms with Crippen LogP contribution in [0, 0.1) is 13.8 Å². The lowest BCUT2D eigenvalue weighted by atomic mass is 10.3. The molecule has 7 heteroatoms. The van der Waals surface area contributed by atoms with Crippen molar-refractivity contribution in [3.05, 3.63) is 29.4 Å². The van der Waals surface area contributed by atoms with E-state index < -0.39 is 0 Å². The highest BCUT2D eigenvalue weighted by Gasteiger charge is 2.17. The molecule has 0 spiro atoms. The molecule has 0 saturated carbocycles. The van der Waals surface area contributed by atoms with E-state index in [9.17, 15) is 4.79 Å². The Kier molecular flexibility index (Phi) is 5.67. The molecule has 0 atom stereocenters. The number of nitrogens with zero attached hydrogens (tertiary/aromatic N) is 4. The van der Waals surface area contributed by atoms with E-state index in [4.69, 9.17) is 4.52 Å². The largest absolute Gasteiger partial charge is 0.360 e. The number of nitrogens with one attached hydrogen (secondary N) is 1. The smallest absolute Gasteiger partial charge is 0.272 e. The van der Waals surface area contributed by atoms with Gasteiger partial charge in [0.1, 0.15) is 23.1 Å². The molecular formula is C16H23N5O2. The number of aromatic nitrogens is 3. The number of hydrogen-bond donors (Lipinski definition) is 1. The highest BCUT2D eigenvalue weighted by atomic mass is 16.5. The zero-order valence-electron chi connectivity index (χ0n) is 14.1. The van der Waals surface area contributed by atoms with Crippen LogP contribution in [0.2, 0.25) is 0 Å². The summed E-state index contributed by atoms with van der Waals surface area (Å²) in [6, 6.07) is 3.41. The van der Waals surface area contributed by atoms with Gasteiger partial charge in [-0.25, -0.2) is 9.97 Å². The van der Waals surface area contributed by atoms with Crippen LogP contribution in [0.1, 0.15) is 48.8 Å². The van der Waals surface area contributed by atoms with E-state index in [1.165, 1.54) is 0 Å². The summed E-state index contributed by atoms with van der Waals surface area (Å²) in [6.45, 7) is 9.13. The third-order valence-corrected chi connectivity index (χ3v) is 3.22. The van der Waals surface area contributed by atoms with Crippen molar-refractivity contribution < 1.29 is 9.32 Å². The number of carbonyl (C=O) groups is 1. The molecule has 0 aromatic carbocycles. The lowest BCUT2D eigenvalue weighted by Gasteiger charge is -2.21. The van der Waals surface area contributed by atoms with Gasteiger partial charge in [0.25, 0.3) is 5.91 Å². The van der Waals surface area contributed by atoms with Crippen molar-refractivity contribution >= 4 is 17.5 Å². The molecular weight excluding hydrogens is 294 g/mol. The average Bonchev–Trinajstić information content (AvgIpc) is 2.90. The van der Waals surface area contributed by atoms with Crippen molar-refractivity contribution in [3.8, 4) is 0 Å². The number of anilines is 2. The highest BCUT2D eigenvalue weighted by molar-refractivity contribution is 5.93. The Hall–Kier alpha value is -2.44. The number of aryl methyl sites for hydroxylation is 2. The van der Waals surface area contributed by atoms with Crippen LogP contribution in [-0.4, -0.2) is 39.0 Å². The van der Waals surface area contributed by atoms with Crippen molar-refractivity contribution in [3.63, 3.8) is 0 Å². The fourth-order valence-corrected chi connectivity index (χ4v) is 2.31. The third-order valence-electron chi connectivity index (χ3n) is 3.22. The lowest BCUT2D eigenvalue weighted by Crippen LogP contribution is -2.33. The molecule has 0 unspecified atom stereocenters. The SMILES string of the molecule is CCCN(CCC)C(=O)c1cc(Nc2cc(C)on2)nc(C)n1. The predicted molar refractivity (Wildman–Crippen MR) is 87.8 cm³/mol. The summed E-state index contributed by atoms with van der Waals surface area (Å²) in [5.41, 5.74) is 0.391. The Morgan fingerprint density at radius 3 is 2.39 bits per heavy atom. The van der Waals surface area contributed by atoms with Crippen molar-refractivity contribution in [2.24, 2.45) is 0 Å². The number of rotatable bonds is 7. The molecule has 1 N–H and O–H groups in total. The van der Waals surface area contributed by atoms with Gasteiger partial charge in [-0.3, -0.25) is 4.79 Å². The summed E-state index contributed by atoms with van der Waals surface area (Å²) >= 11 is 0. The van der Waals surface area contributed by atoms with E-state index in [1.54, 1.807) is 19.1 Å². The number of carbonyl (C=O) groups excluding carboxylic acids is 1. The first-order valence-electron chi connectivity index (χ1n) is 7.88. The van der Waals surface area contributed by atoms with E-state index in [2.05, 4.69) is 34.3 Å². The lowest BCUT2D eigenvalue weighted by molar-refractivity contribution is 0.0749. The summed E-state index contributed by atoms with van der Waals surface area (Å²) in [4.78, 5) is 23.1. The molecule has 0 radical (unpaired) electrons. The zero-order chi connectivity index (χ0) is 16.8. The molecule has 1 amide bonds. The van der Waals surface area contributed by atoms with Crippen LogP contribution in [0.15, 0.2) is 16.7 Å². The summed E-state index contributed by atoms with van der Waals surface area (Å²) in [5.74, 6) is 2.25. The molecule has 2 aromatic rings. The van der Waals surface area contributed by atoms with E-state index in [-0.39, 0.29) is 5.91 Å². The van der Waals surface area contributed by atoms with Crippen LogP contribution < -0.4 is 5.32 Å². The van der Waals surface area contributed by atoms with E-state index in [0.29, 0.717) is 28.9 Å². The number of hydrogen-bond acceptors (Lipinski definition) is 6. The minimum absolute atomic E-state index is 0.0708. The second kappa shape index (κ2) is 7.71. The maximum Gasteiger partial charge on any atom is 0.272 e.